The zero-order valence-electron chi connectivity index (χ0n) is 6.25. The summed E-state index contributed by atoms with van der Waals surface area (Å²) >= 11 is 9.01. The SMILES string of the molecule is Cc1cc(Cl)cc(Br)c1N=[N+]=[N-]. The Morgan fingerprint density at radius 3 is 2.75 bits per heavy atom. The number of azide groups is 1. The third-order valence-corrected chi connectivity index (χ3v) is 2.19. The van der Waals surface area contributed by atoms with Gasteiger partial charge in [-0.2, -0.15) is 0 Å². The lowest BCUT2D eigenvalue weighted by molar-refractivity contribution is 1.36. The van der Waals surface area contributed by atoms with Crippen molar-refractivity contribution >= 4 is 33.2 Å². The maximum Gasteiger partial charge on any atom is 0.0547 e. The quantitative estimate of drug-likeness (QED) is 0.402. The van der Waals surface area contributed by atoms with Crippen molar-refractivity contribution in [3.63, 3.8) is 0 Å². The summed E-state index contributed by atoms with van der Waals surface area (Å²) < 4.78 is 0.713. The lowest BCUT2D eigenvalue weighted by Gasteiger charge is -2.01. The van der Waals surface area contributed by atoms with Crippen molar-refractivity contribution < 1.29 is 0 Å². The van der Waals surface area contributed by atoms with Crippen molar-refractivity contribution in [1.82, 2.24) is 0 Å². The molecule has 0 spiro atoms. The Kier molecular flexibility index (Phi) is 2.98. The van der Waals surface area contributed by atoms with Gasteiger partial charge in [-0.15, -0.1) is 0 Å². The van der Waals surface area contributed by atoms with Crippen LogP contribution in [-0.2, 0) is 0 Å². The molecule has 0 bridgehead atoms. The van der Waals surface area contributed by atoms with E-state index in [9.17, 15) is 0 Å². The lowest BCUT2D eigenvalue weighted by atomic mass is 10.2. The van der Waals surface area contributed by atoms with Crippen molar-refractivity contribution in [2.75, 3.05) is 0 Å². The molecule has 0 aliphatic rings. The second kappa shape index (κ2) is 3.81. The highest BCUT2D eigenvalue weighted by atomic mass is 79.9. The van der Waals surface area contributed by atoms with Gasteiger partial charge in [0, 0.05) is 14.4 Å². The molecule has 0 saturated heterocycles. The molecule has 12 heavy (non-hydrogen) atoms. The van der Waals surface area contributed by atoms with Crippen molar-refractivity contribution in [2.45, 2.75) is 6.92 Å². The van der Waals surface area contributed by atoms with E-state index in [1.54, 1.807) is 12.1 Å². The predicted octanol–water partition coefficient (Wildman–Crippen LogP) is 4.35. The van der Waals surface area contributed by atoms with Crippen LogP contribution >= 0.6 is 27.5 Å². The van der Waals surface area contributed by atoms with Crippen LogP contribution in [0.3, 0.4) is 0 Å². The molecule has 0 unspecified atom stereocenters. The summed E-state index contributed by atoms with van der Waals surface area (Å²) in [5.41, 5.74) is 9.68. The average Bonchev–Trinajstić information content (AvgIpc) is 1.96. The van der Waals surface area contributed by atoms with Crippen LogP contribution in [0.5, 0.6) is 0 Å². The van der Waals surface area contributed by atoms with E-state index in [1.807, 2.05) is 6.92 Å². The molecule has 5 heteroatoms. The standard InChI is InChI=1S/C7H5BrClN3/c1-4-2-5(9)3-6(8)7(4)11-12-10/h2-3H,1H3. The summed E-state index contributed by atoms with van der Waals surface area (Å²) in [6.45, 7) is 1.83. The minimum absolute atomic E-state index is 0.585. The maximum absolute atomic E-state index is 8.24. The lowest BCUT2D eigenvalue weighted by Crippen LogP contribution is -1.75. The van der Waals surface area contributed by atoms with Crippen molar-refractivity contribution in [3.05, 3.63) is 37.6 Å². The molecule has 0 fully saturated rings. The molecule has 1 aromatic rings. The normalized spacial score (nSPS) is 9.25. The molecule has 0 aliphatic heterocycles. The third kappa shape index (κ3) is 1.91. The van der Waals surface area contributed by atoms with E-state index in [4.69, 9.17) is 17.1 Å². The predicted molar refractivity (Wildman–Crippen MR) is 52.7 cm³/mol. The molecule has 0 heterocycles. The van der Waals surface area contributed by atoms with E-state index in [0.717, 1.165) is 5.56 Å². The Bertz CT molecular complexity index is 335. The molecular weight excluding hydrogens is 241 g/mol. The number of rotatable bonds is 1. The molecule has 0 N–H and O–H groups in total. The van der Waals surface area contributed by atoms with Gasteiger partial charge in [-0.1, -0.05) is 32.6 Å². The Morgan fingerprint density at radius 1 is 1.58 bits per heavy atom. The Hall–Kier alpha value is -0.700. The van der Waals surface area contributed by atoms with Gasteiger partial charge in [-0.25, -0.2) is 0 Å². The molecule has 0 atom stereocenters. The molecule has 0 saturated carbocycles. The fraction of sp³-hybridized carbons (Fsp3) is 0.143. The Balaban J connectivity index is 3.37. The summed E-state index contributed by atoms with van der Waals surface area (Å²) in [5.74, 6) is 0. The van der Waals surface area contributed by atoms with Crippen molar-refractivity contribution in [2.24, 2.45) is 5.11 Å². The minimum Gasteiger partial charge on any atom is -0.0843 e. The summed E-state index contributed by atoms with van der Waals surface area (Å²) in [5, 5.41) is 4.14. The van der Waals surface area contributed by atoms with E-state index in [2.05, 4.69) is 26.0 Å². The number of aryl methyl sites for hydroxylation is 1. The fourth-order valence-corrected chi connectivity index (χ4v) is 1.91. The monoisotopic (exact) mass is 245 g/mol. The molecule has 1 aromatic carbocycles. The molecule has 62 valence electrons. The molecule has 0 amide bonds. The average molecular weight is 246 g/mol. The number of hydrogen-bond acceptors (Lipinski definition) is 1. The first-order chi connectivity index (χ1) is 5.65. The smallest absolute Gasteiger partial charge is 0.0547 e. The Labute approximate surface area is 83.1 Å². The molecule has 3 nitrogen and oxygen atoms in total. The van der Waals surface area contributed by atoms with Crippen LogP contribution in [0, 0.1) is 6.92 Å². The summed E-state index contributed by atoms with van der Waals surface area (Å²) in [7, 11) is 0. The topological polar surface area (TPSA) is 48.8 Å². The van der Waals surface area contributed by atoms with Crippen LogP contribution in [0.15, 0.2) is 21.7 Å². The Morgan fingerprint density at radius 2 is 2.25 bits per heavy atom. The summed E-state index contributed by atoms with van der Waals surface area (Å²) in [4.78, 5) is 2.71. The second-order valence-corrected chi connectivity index (χ2v) is 3.53. The van der Waals surface area contributed by atoms with Crippen LogP contribution in [0.2, 0.25) is 5.02 Å². The number of nitrogens with zero attached hydrogens (tertiary/aromatic N) is 3. The molecule has 0 aliphatic carbocycles. The van der Waals surface area contributed by atoms with Crippen LogP contribution in [-0.4, -0.2) is 0 Å². The van der Waals surface area contributed by atoms with Gasteiger partial charge in [-0.05, 0) is 30.2 Å². The van der Waals surface area contributed by atoms with Gasteiger partial charge < -0.3 is 0 Å². The largest absolute Gasteiger partial charge is 0.0843 e. The van der Waals surface area contributed by atoms with Gasteiger partial charge in [-0.3, -0.25) is 0 Å². The molecule has 1 rings (SSSR count). The van der Waals surface area contributed by atoms with E-state index < -0.39 is 0 Å². The van der Waals surface area contributed by atoms with E-state index in [1.165, 1.54) is 0 Å². The van der Waals surface area contributed by atoms with Crippen LogP contribution in [0.1, 0.15) is 5.56 Å². The van der Waals surface area contributed by atoms with E-state index in [0.29, 0.717) is 15.2 Å². The number of benzene rings is 1. The highest BCUT2D eigenvalue weighted by Crippen LogP contribution is 2.32. The highest BCUT2D eigenvalue weighted by molar-refractivity contribution is 9.10. The first-order valence-electron chi connectivity index (χ1n) is 3.16. The first-order valence-corrected chi connectivity index (χ1v) is 4.33. The zero-order chi connectivity index (χ0) is 9.14. The van der Waals surface area contributed by atoms with E-state index >= 15 is 0 Å². The van der Waals surface area contributed by atoms with Gasteiger partial charge in [0.25, 0.3) is 0 Å². The van der Waals surface area contributed by atoms with E-state index in [-0.39, 0.29) is 0 Å². The molecular formula is C7H5BrClN3. The van der Waals surface area contributed by atoms with Gasteiger partial charge >= 0.3 is 0 Å². The van der Waals surface area contributed by atoms with Crippen molar-refractivity contribution in [3.8, 4) is 0 Å². The maximum atomic E-state index is 8.24. The molecule has 0 radical (unpaired) electrons. The van der Waals surface area contributed by atoms with Gasteiger partial charge in [0.05, 0.1) is 5.69 Å². The highest BCUT2D eigenvalue weighted by Gasteiger charge is 2.02. The summed E-state index contributed by atoms with van der Waals surface area (Å²) in [6.07, 6.45) is 0. The van der Waals surface area contributed by atoms with Crippen LogP contribution < -0.4 is 0 Å². The molecule has 0 aromatic heterocycles. The summed E-state index contributed by atoms with van der Waals surface area (Å²) in [6, 6.07) is 3.44. The number of halogens is 2. The zero-order valence-corrected chi connectivity index (χ0v) is 8.59. The van der Waals surface area contributed by atoms with Crippen LogP contribution in [0.4, 0.5) is 5.69 Å². The minimum atomic E-state index is 0.585. The van der Waals surface area contributed by atoms with Gasteiger partial charge in [0.1, 0.15) is 0 Å². The van der Waals surface area contributed by atoms with Gasteiger partial charge in [0.2, 0.25) is 0 Å². The fourth-order valence-electron chi connectivity index (χ4n) is 0.866. The van der Waals surface area contributed by atoms with Crippen LogP contribution in [0.25, 0.3) is 10.4 Å². The first kappa shape index (κ1) is 9.39. The number of hydrogen-bond donors (Lipinski definition) is 0. The second-order valence-electron chi connectivity index (χ2n) is 2.24. The van der Waals surface area contributed by atoms with Crippen molar-refractivity contribution in [1.29, 1.82) is 0 Å². The third-order valence-electron chi connectivity index (χ3n) is 1.36. The van der Waals surface area contributed by atoms with Gasteiger partial charge in [0.15, 0.2) is 0 Å².